The van der Waals surface area contributed by atoms with Crippen molar-refractivity contribution in [2.24, 2.45) is 0 Å². The minimum atomic E-state index is 0.175. The van der Waals surface area contributed by atoms with Gasteiger partial charge in [-0.15, -0.1) is 11.3 Å². The molecule has 0 radical (unpaired) electrons. The highest BCUT2D eigenvalue weighted by Crippen LogP contribution is 2.30. The number of carbonyl (C=O) groups excluding carboxylic acids is 1. The molecular weight excluding hydrogens is 332 g/mol. The molecule has 1 saturated heterocycles. The molecule has 1 fully saturated rings. The van der Waals surface area contributed by atoms with Crippen LogP contribution in [-0.2, 0) is 12.8 Å². The van der Waals surface area contributed by atoms with E-state index >= 15 is 0 Å². The quantitative estimate of drug-likeness (QED) is 0.916. The fourth-order valence-corrected chi connectivity index (χ4v) is 4.86. The molecule has 25 heavy (non-hydrogen) atoms. The Labute approximate surface area is 152 Å². The SMILES string of the molecule is COc1ccc2c(c1)CCN(C(=O)c1ccc(C3CCCN3)s1)CC2. The van der Waals surface area contributed by atoms with Crippen molar-refractivity contribution in [3.8, 4) is 5.75 Å². The van der Waals surface area contributed by atoms with Gasteiger partial charge in [-0.05, 0) is 67.6 Å². The molecule has 2 aliphatic heterocycles. The number of rotatable bonds is 3. The highest BCUT2D eigenvalue weighted by atomic mass is 32.1. The van der Waals surface area contributed by atoms with E-state index in [0.29, 0.717) is 6.04 Å². The zero-order chi connectivity index (χ0) is 17.2. The third-order valence-corrected chi connectivity index (χ3v) is 6.43. The average molecular weight is 356 g/mol. The first kappa shape index (κ1) is 16.6. The standard InChI is InChI=1S/C20H24N2O2S/c1-24-16-5-4-14-8-11-22(12-9-15(14)13-16)20(23)19-7-6-18(25-19)17-3-2-10-21-17/h4-7,13,17,21H,2-3,8-12H2,1H3. The zero-order valence-electron chi connectivity index (χ0n) is 14.6. The number of methoxy groups -OCH3 is 1. The second-order valence-electron chi connectivity index (χ2n) is 6.78. The maximum absolute atomic E-state index is 12.9. The third-order valence-electron chi connectivity index (χ3n) is 5.24. The van der Waals surface area contributed by atoms with Crippen molar-refractivity contribution in [2.75, 3.05) is 26.7 Å². The molecule has 1 amide bonds. The molecule has 0 bridgehead atoms. The number of ether oxygens (including phenoxy) is 1. The Hall–Kier alpha value is -1.85. The lowest BCUT2D eigenvalue weighted by molar-refractivity contribution is 0.0768. The summed E-state index contributed by atoms with van der Waals surface area (Å²) in [6.45, 7) is 2.64. The maximum atomic E-state index is 12.9. The summed E-state index contributed by atoms with van der Waals surface area (Å²) in [7, 11) is 1.70. The summed E-state index contributed by atoms with van der Waals surface area (Å²) < 4.78 is 5.33. The van der Waals surface area contributed by atoms with Crippen LogP contribution in [0.25, 0.3) is 0 Å². The van der Waals surface area contributed by atoms with Gasteiger partial charge in [-0.3, -0.25) is 4.79 Å². The summed E-state index contributed by atoms with van der Waals surface area (Å²) in [4.78, 5) is 17.1. The first-order chi connectivity index (χ1) is 12.2. The number of carbonyl (C=O) groups is 1. The Balaban J connectivity index is 1.46. The lowest BCUT2D eigenvalue weighted by Crippen LogP contribution is -2.32. The Kier molecular flexibility index (Phi) is 4.77. The Morgan fingerprint density at radius 1 is 1.20 bits per heavy atom. The smallest absolute Gasteiger partial charge is 0.263 e. The van der Waals surface area contributed by atoms with E-state index in [4.69, 9.17) is 4.74 Å². The Bertz CT molecular complexity index is 765. The molecular formula is C20H24N2O2S. The van der Waals surface area contributed by atoms with Gasteiger partial charge in [0.05, 0.1) is 12.0 Å². The van der Waals surface area contributed by atoms with E-state index in [1.54, 1.807) is 18.4 Å². The van der Waals surface area contributed by atoms with Crippen LogP contribution in [0.15, 0.2) is 30.3 Å². The molecule has 1 aromatic heterocycles. The summed E-state index contributed by atoms with van der Waals surface area (Å²) in [5.41, 5.74) is 2.63. The number of fused-ring (bicyclic) bond motifs is 1. The van der Waals surface area contributed by atoms with Crippen LogP contribution in [0, 0.1) is 0 Å². The van der Waals surface area contributed by atoms with Gasteiger partial charge in [-0.25, -0.2) is 0 Å². The van der Waals surface area contributed by atoms with Gasteiger partial charge in [0.15, 0.2) is 0 Å². The minimum Gasteiger partial charge on any atom is -0.497 e. The lowest BCUT2D eigenvalue weighted by Gasteiger charge is -2.19. The van der Waals surface area contributed by atoms with Crippen LogP contribution in [0.1, 0.15) is 44.6 Å². The number of thiophene rings is 1. The van der Waals surface area contributed by atoms with E-state index in [1.807, 2.05) is 17.0 Å². The second-order valence-corrected chi connectivity index (χ2v) is 7.89. The van der Waals surface area contributed by atoms with Gasteiger partial charge in [0, 0.05) is 24.0 Å². The molecule has 0 saturated carbocycles. The van der Waals surface area contributed by atoms with E-state index in [1.165, 1.54) is 28.8 Å². The van der Waals surface area contributed by atoms with Crippen LogP contribution >= 0.6 is 11.3 Å². The monoisotopic (exact) mass is 356 g/mol. The summed E-state index contributed by atoms with van der Waals surface area (Å²) in [6.07, 6.45) is 4.20. The van der Waals surface area contributed by atoms with Gasteiger partial charge in [0.1, 0.15) is 5.75 Å². The third kappa shape index (κ3) is 3.44. The van der Waals surface area contributed by atoms with Crippen molar-refractivity contribution in [3.05, 3.63) is 51.2 Å². The molecule has 2 aliphatic rings. The van der Waals surface area contributed by atoms with Gasteiger partial charge in [-0.1, -0.05) is 6.07 Å². The van der Waals surface area contributed by atoms with Crippen molar-refractivity contribution < 1.29 is 9.53 Å². The highest BCUT2D eigenvalue weighted by molar-refractivity contribution is 7.14. The largest absolute Gasteiger partial charge is 0.497 e. The molecule has 0 aliphatic carbocycles. The Morgan fingerprint density at radius 2 is 2.04 bits per heavy atom. The normalized spacial score (nSPS) is 20.2. The van der Waals surface area contributed by atoms with Gasteiger partial charge in [-0.2, -0.15) is 0 Å². The first-order valence-corrected chi connectivity index (χ1v) is 9.84. The molecule has 1 aromatic carbocycles. The number of amides is 1. The molecule has 132 valence electrons. The predicted molar refractivity (Wildman–Crippen MR) is 101 cm³/mol. The molecule has 0 spiro atoms. The van der Waals surface area contributed by atoms with Gasteiger partial charge < -0.3 is 15.0 Å². The predicted octanol–water partition coefficient (Wildman–Crippen LogP) is 3.42. The van der Waals surface area contributed by atoms with Crippen molar-refractivity contribution >= 4 is 17.2 Å². The summed E-state index contributed by atoms with van der Waals surface area (Å²) in [6, 6.07) is 10.8. The fraction of sp³-hybridized carbons (Fsp3) is 0.450. The second kappa shape index (κ2) is 7.18. The van der Waals surface area contributed by atoms with E-state index in [-0.39, 0.29) is 5.91 Å². The van der Waals surface area contributed by atoms with E-state index in [9.17, 15) is 4.79 Å². The van der Waals surface area contributed by atoms with Gasteiger partial charge in [0.2, 0.25) is 0 Å². The van der Waals surface area contributed by atoms with Crippen LogP contribution in [0.2, 0.25) is 0 Å². The summed E-state index contributed by atoms with van der Waals surface area (Å²) in [5, 5.41) is 3.51. The van der Waals surface area contributed by atoms with Crippen LogP contribution in [0.5, 0.6) is 5.75 Å². The number of nitrogens with zero attached hydrogens (tertiary/aromatic N) is 1. The van der Waals surface area contributed by atoms with Crippen LogP contribution < -0.4 is 10.1 Å². The van der Waals surface area contributed by atoms with E-state index < -0.39 is 0 Å². The van der Waals surface area contributed by atoms with Crippen LogP contribution in [0.4, 0.5) is 0 Å². The summed E-state index contributed by atoms with van der Waals surface area (Å²) >= 11 is 1.65. The van der Waals surface area contributed by atoms with E-state index in [2.05, 4.69) is 23.5 Å². The minimum absolute atomic E-state index is 0.175. The molecule has 4 rings (SSSR count). The first-order valence-electron chi connectivity index (χ1n) is 9.03. The highest BCUT2D eigenvalue weighted by Gasteiger charge is 2.24. The molecule has 4 nitrogen and oxygen atoms in total. The average Bonchev–Trinajstić information content (AvgIpc) is 3.29. The van der Waals surface area contributed by atoms with Gasteiger partial charge in [0.25, 0.3) is 5.91 Å². The molecule has 1 N–H and O–H groups in total. The molecule has 1 atom stereocenters. The zero-order valence-corrected chi connectivity index (χ0v) is 15.4. The molecule has 2 aromatic rings. The number of nitrogens with one attached hydrogen (secondary N) is 1. The van der Waals surface area contributed by atoms with Crippen molar-refractivity contribution in [1.29, 1.82) is 0 Å². The lowest BCUT2D eigenvalue weighted by atomic mass is 10.0. The summed E-state index contributed by atoms with van der Waals surface area (Å²) in [5.74, 6) is 1.07. The van der Waals surface area contributed by atoms with Crippen molar-refractivity contribution in [2.45, 2.75) is 31.7 Å². The number of benzene rings is 1. The van der Waals surface area contributed by atoms with Crippen molar-refractivity contribution in [1.82, 2.24) is 10.2 Å². The molecule has 5 heteroatoms. The molecule has 1 unspecified atom stereocenters. The number of hydrogen-bond donors (Lipinski definition) is 1. The number of hydrogen-bond acceptors (Lipinski definition) is 4. The van der Waals surface area contributed by atoms with E-state index in [0.717, 1.165) is 43.1 Å². The fourth-order valence-electron chi connectivity index (χ4n) is 3.77. The topological polar surface area (TPSA) is 41.6 Å². The van der Waals surface area contributed by atoms with Gasteiger partial charge >= 0.3 is 0 Å². The van der Waals surface area contributed by atoms with Crippen molar-refractivity contribution in [3.63, 3.8) is 0 Å². The van der Waals surface area contributed by atoms with Crippen LogP contribution in [0.3, 0.4) is 0 Å². The Morgan fingerprint density at radius 3 is 2.80 bits per heavy atom. The maximum Gasteiger partial charge on any atom is 0.263 e. The molecule has 3 heterocycles. The van der Waals surface area contributed by atoms with Crippen LogP contribution in [-0.4, -0.2) is 37.6 Å².